The van der Waals surface area contributed by atoms with Crippen LogP contribution in [0, 0.1) is 0 Å². The minimum atomic E-state index is -2.85. The van der Waals surface area contributed by atoms with Crippen molar-refractivity contribution in [2.75, 3.05) is 18.1 Å². The molecule has 2 saturated heterocycles. The molecule has 2 aliphatic rings. The third kappa shape index (κ3) is 1.70. The predicted octanol–water partition coefficient (Wildman–Crippen LogP) is -0.204. The SMILES string of the molecule is O=C1CCCN1[C@@H]1CCS(=O)(=O)C1. The fourth-order valence-corrected chi connectivity index (χ4v) is 3.81. The topological polar surface area (TPSA) is 54.5 Å². The Morgan fingerprint density at radius 2 is 2.15 bits per heavy atom. The van der Waals surface area contributed by atoms with Gasteiger partial charge in [0.2, 0.25) is 5.91 Å². The first-order valence-corrected chi connectivity index (χ1v) is 6.40. The largest absolute Gasteiger partial charge is 0.339 e. The van der Waals surface area contributed by atoms with Crippen LogP contribution in [0.4, 0.5) is 0 Å². The minimum absolute atomic E-state index is 0.0278. The number of amides is 1. The highest BCUT2D eigenvalue weighted by Crippen LogP contribution is 2.22. The second-order valence-electron chi connectivity index (χ2n) is 3.75. The van der Waals surface area contributed by atoms with Crippen molar-refractivity contribution >= 4 is 15.7 Å². The zero-order valence-corrected chi connectivity index (χ0v) is 8.22. The van der Waals surface area contributed by atoms with Crippen LogP contribution in [0.3, 0.4) is 0 Å². The summed E-state index contributed by atoms with van der Waals surface area (Å²) in [4.78, 5) is 13.0. The summed E-state index contributed by atoms with van der Waals surface area (Å²) in [6.07, 6.45) is 2.11. The van der Waals surface area contributed by atoms with Gasteiger partial charge in [0.15, 0.2) is 9.84 Å². The van der Waals surface area contributed by atoms with Crippen molar-refractivity contribution in [1.82, 2.24) is 4.90 Å². The quantitative estimate of drug-likeness (QED) is 0.593. The molecule has 1 amide bonds. The molecule has 0 radical (unpaired) electrons. The Kier molecular flexibility index (Phi) is 2.06. The fourth-order valence-electron chi connectivity index (χ4n) is 2.08. The van der Waals surface area contributed by atoms with E-state index in [4.69, 9.17) is 0 Å². The Bertz CT molecular complexity index is 322. The second-order valence-corrected chi connectivity index (χ2v) is 5.98. The van der Waals surface area contributed by atoms with Gasteiger partial charge in [-0.2, -0.15) is 0 Å². The number of carbonyl (C=O) groups is 1. The van der Waals surface area contributed by atoms with Crippen LogP contribution >= 0.6 is 0 Å². The first-order valence-electron chi connectivity index (χ1n) is 4.58. The highest BCUT2D eigenvalue weighted by Gasteiger charge is 2.36. The number of hydrogen-bond donors (Lipinski definition) is 0. The van der Waals surface area contributed by atoms with Crippen molar-refractivity contribution in [2.24, 2.45) is 0 Å². The van der Waals surface area contributed by atoms with Gasteiger partial charge >= 0.3 is 0 Å². The van der Waals surface area contributed by atoms with E-state index in [0.29, 0.717) is 12.8 Å². The van der Waals surface area contributed by atoms with Gasteiger partial charge in [0.25, 0.3) is 0 Å². The van der Waals surface area contributed by atoms with Gasteiger partial charge in [0.1, 0.15) is 0 Å². The van der Waals surface area contributed by atoms with Crippen LogP contribution < -0.4 is 0 Å². The molecule has 2 aliphatic heterocycles. The third-order valence-corrected chi connectivity index (χ3v) is 4.51. The van der Waals surface area contributed by atoms with Gasteiger partial charge < -0.3 is 4.90 Å². The van der Waals surface area contributed by atoms with Crippen LogP contribution in [-0.2, 0) is 14.6 Å². The van der Waals surface area contributed by atoms with Gasteiger partial charge in [-0.1, -0.05) is 0 Å². The maximum atomic E-state index is 11.3. The molecule has 0 bridgehead atoms. The summed E-state index contributed by atoms with van der Waals surface area (Å²) in [7, 11) is -2.85. The Labute approximate surface area is 77.8 Å². The molecule has 1 atom stereocenters. The zero-order valence-electron chi connectivity index (χ0n) is 7.40. The number of rotatable bonds is 1. The van der Waals surface area contributed by atoms with Crippen LogP contribution in [0.25, 0.3) is 0 Å². The van der Waals surface area contributed by atoms with E-state index < -0.39 is 9.84 Å². The molecule has 0 aliphatic carbocycles. The molecule has 0 aromatic carbocycles. The smallest absolute Gasteiger partial charge is 0.222 e. The molecule has 13 heavy (non-hydrogen) atoms. The molecular formula is C8H13NO3S. The maximum Gasteiger partial charge on any atom is 0.222 e. The molecule has 0 aromatic rings. The molecule has 0 aromatic heterocycles. The Morgan fingerprint density at radius 3 is 2.62 bits per heavy atom. The fraction of sp³-hybridized carbons (Fsp3) is 0.875. The molecule has 5 heteroatoms. The number of sulfone groups is 1. The predicted molar refractivity (Wildman–Crippen MR) is 48.0 cm³/mol. The molecular weight excluding hydrogens is 190 g/mol. The molecule has 0 spiro atoms. The Morgan fingerprint density at radius 1 is 1.38 bits per heavy atom. The third-order valence-electron chi connectivity index (χ3n) is 2.76. The van der Waals surface area contributed by atoms with E-state index in [9.17, 15) is 13.2 Å². The van der Waals surface area contributed by atoms with Crippen LogP contribution in [0.2, 0.25) is 0 Å². The Hall–Kier alpha value is -0.580. The highest BCUT2D eigenvalue weighted by molar-refractivity contribution is 7.91. The summed E-state index contributed by atoms with van der Waals surface area (Å²) in [6.45, 7) is 0.749. The average Bonchev–Trinajstić information content (AvgIpc) is 2.56. The van der Waals surface area contributed by atoms with Crippen molar-refractivity contribution in [3.63, 3.8) is 0 Å². The summed E-state index contributed by atoms with van der Waals surface area (Å²) in [5.41, 5.74) is 0. The van der Waals surface area contributed by atoms with Crippen molar-refractivity contribution in [3.8, 4) is 0 Å². The lowest BCUT2D eigenvalue weighted by Gasteiger charge is -2.21. The maximum absolute atomic E-state index is 11.3. The lowest BCUT2D eigenvalue weighted by molar-refractivity contribution is -0.129. The van der Waals surface area contributed by atoms with Crippen molar-refractivity contribution in [3.05, 3.63) is 0 Å². The number of hydrogen-bond acceptors (Lipinski definition) is 3. The number of likely N-dealkylation sites (tertiary alicyclic amines) is 1. The van der Waals surface area contributed by atoms with E-state index in [-0.39, 0.29) is 23.5 Å². The summed E-state index contributed by atoms with van der Waals surface area (Å²) in [5, 5.41) is 0. The van der Waals surface area contributed by atoms with Crippen LogP contribution in [0.15, 0.2) is 0 Å². The first kappa shape index (κ1) is 8.99. The standard InChI is InChI=1S/C8H13NO3S/c10-8-2-1-4-9(8)7-3-5-13(11,12)6-7/h7H,1-6H2/t7-/m1/s1. The van der Waals surface area contributed by atoms with Crippen LogP contribution in [0.1, 0.15) is 19.3 Å². The second kappa shape index (κ2) is 2.97. The molecule has 2 heterocycles. The molecule has 74 valence electrons. The van der Waals surface area contributed by atoms with Crippen LogP contribution in [0.5, 0.6) is 0 Å². The van der Waals surface area contributed by atoms with E-state index in [2.05, 4.69) is 0 Å². The van der Waals surface area contributed by atoms with Gasteiger partial charge in [0, 0.05) is 19.0 Å². The van der Waals surface area contributed by atoms with Gasteiger partial charge in [-0.05, 0) is 12.8 Å². The molecule has 2 fully saturated rings. The lowest BCUT2D eigenvalue weighted by atomic mass is 10.2. The minimum Gasteiger partial charge on any atom is -0.339 e. The average molecular weight is 203 g/mol. The molecule has 0 unspecified atom stereocenters. The molecule has 0 N–H and O–H groups in total. The summed E-state index contributed by atoms with van der Waals surface area (Å²) in [5.74, 6) is 0.558. The van der Waals surface area contributed by atoms with E-state index in [1.165, 1.54) is 0 Å². The molecule has 4 nitrogen and oxygen atoms in total. The summed E-state index contributed by atoms with van der Waals surface area (Å²) < 4.78 is 22.3. The first-order chi connectivity index (χ1) is 6.08. The van der Waals surface area contributed by atoms with E-state index in [1.807, 2.05) is 0 Å². The monoisotopic (exact) mass is 203 g/mol. The summed E-state index contributed by atoms with van der Waals surface area (Å²) in [6, 6.07) is -0.0278. The van der Waals surface area contributed by atoms with Crippen LogP contribution in [-0.4, -0.2) is 43.3 Å². The highest BCUT2D eigenvalue weighted by atomic mass is 32.2. The number of nitrogens with zero attached hydrogens (tertiary/aromatic N) is 1. The zero-order chi connectivity index (χ0) is 9.47. The molecule has 2 rings (SSSR count). The van der Waals surface area contributed by atoms with E-state index in [1.54, 1.807) is 4.90 Å². The molecule has 0 saturated carbocycles. The van der Waals surface area contributed by atoms with Gasteiger partial charge in [-0.25, -0.2) is 8.42 Å². The van der Waals surface area contributed by atoms with E-state index in [0.717, 1.165) is 13.0 Å². The number of carbonyl (C=O) groups excluding carboxylic acids is 1. The summed E-state index contributed by atoms with van der Waals surface area (Å²) >= 11 is 0. The van der Waals surface area contributed by atoms with Gasteiger partial charge in [0.05, 0.1) is 11.5 Å². The normalized spacial score (nSPS) is 32.8. The lowest BCUT2D eigenvalue weighted by Crippen LogP contribution is -2.36. The van der Waals surface area contributed by atoms with Crippen molar-refractivity contribution in [1.29, 1.82) is 0 Å². The Balaban J connectivity index is 2.07. The van der Waals surface area contributed by atoms with Crippen molar-refractivity contribution in [2.45, 2.75) is 25.3 Å². The van der Waals surface area contributed by atoms with Crippen molar-refractivity contribution < 1.29 is 13.2 Å². The van der Waals surface area contributed by atoms with E-state index >= 15 is 0 Å². The van der Waals surface area contributed by atoms with Gasteiger partial charge in [-0.3, -0.25) is 4.79 Å². The van der Waals surface area contributed by atoms with Gasteiger partial charge in [-0.15, -0.1) is 0 Å².